The predicted octanol–water partition coefficient (Wildman–Crippen LogP) is 3.97. The monoisotopic (exact) mass is 381 g/mol. The zero-order chi connectivity index (χ0) is 21.5. The van der Waals surface area contributed by atoms with Gasteiger partial charge in [0.05, 0.1) is 7.70 Å². The number of hydrogen-bond donors (Lipinski definition) is 2. The van der Waals surface area contributed by atoms with Crippen molar-refractivity contribution in [2.24, 2.45) is 0 Å². The van der Waals surface area contributed by atoms with Crippen molar-refractivity contribution >= 4 is 12.0 Å². The first-order valence-electron chi connectivity index (χ1n) is 9.16. The summed E-state index contributed by atoms with van der Waals surface area (Å²) in [6.45, 7) is 9.16. The lowest BCUT2D eigenvalue weighted by Crippen LogP contribution is -2.40. The van der Waals surface area contributed by atoms with Crippen molar-refractivity contribution in [1.29, 1.82) is 0 Å². The van der Waals surface area contributed by atoms with Crippen LogP contribution in [0.5, 0.6) is 5.75 Å². The summed E-state index contributed by atoms with van der Waals surface area (Å²) in [7, 11) is 0. The molecule has 2 amide bonds. The first-order chi connectivity index (χ1) is 12.8. The number of nitrogens with one attached hydrogen (secondary N) is 2. The second kappa shape index (κ2) is 9.39. The number of alkyl carbamates (subject to hydrolysis) is 1. The van der Waals surface area contributed by atoms with Crippen molar-refractivity contribution in [2.45, 2.75) is 52.7 Å². The molecule has 0 aliphatic carbocycles. The Morgan fingerprint density at radius 1 is 1.15 bits per heavy atom. The Hall–Kier alpha value is -2.57. The fourth-order valence-corrected chi connectivity index (χ4v) is 1.84. The van der Waals surface area contributed by atoms with E-state index in [1.807, 2.05) is 20.8 Å². The van der Waals surface area contributed by atoms with Crippen LogP contribution < -0.4 is 15.4 Å². The first kappa shape index (κ1) is 20.7. The van der Waals surface area contributed by atoms with Crippen molar-refractivity contribution in [3.8, 4) is 5.75 Å². The zero-order valence-corrected chi connectivity index (χ0v) is 16.7. The van der Waals surface area contributed by atoms with Gasteiger partial charge in [0.2, 0.25) is 0 Å². The average Bonchev–Trinajstić information content (AvgIpc) is 2.52. The zero-order valence-electron chi connectivity index (χ0n) is 17.7. The molecule has 0 fully saturated rings. The van der Waals surface area contributed by atoms with E-state index in [1.165, 1.54) is 12.1 Å². The molecular formula is C20H29FN2O4. The van der Waals surface area contributed by atoms with E-state index in [0.29, 0.717) is 11.3 Å². The summed E-state index contributed by atoms with van der Waals surface area (Å²) in [5.74, 6) is 0.0660. The van der Waals surface area contributed by atoms with Crippen LogP contribution in [-0.2, 0) is 4.74 Å². The molecule has 0 heterocycles. The van der Waals surface area contributed by atoms with Crippen LogP contribution >= 0.6 is 0 Å². The fraction of sp³-hybridized carbons (Fsp3) is 0.500. The van der Waals surface area contributed by atoms with E-state index in [0.717, 1.165) is 0 Å². The smallest absolute Gasteiger partial charge is 0.407 e. The molecule has 0 aromatic heterocycles. The highest BCUT2D eigenvalue weighted by Crippen LogP contribution is 2.14. The molecule has 150 valence electrons. The van der Waals surface area contributed by atoms with Gasteiger partial charge in [-0.25, -0.2) is 9.18 Å². The Labute approximate surface area is 161 Å². The van der Waals surface area contributed by atoms with Crippen LogP contribution in [0.15, 0.2) is 36.2 Å². The van der Waals surface area contributed by atoms with Crippen LogP contribution in [0.1, 0.15) is 53.3 Å². The van der Waals surface area contributed by atoms with E-state index in [1.54, 1.807) is 32.9 Å². The van der Waals surface area contributed by atoms with Crippen LogP contribution in [0, 0.1) is 0 Å². The molecule has 0 aliphatic rings. The van der Waals surface area contributed by atoms with Gasteiger partial charge in [-0.15, -0.1) is 0 Å². The predicted molar refractivity (Wildman–Crippen MR) is 103 cm³/mol. The molecule has 0 radical (unpaired) electrons. The number of ether oxygens (including phenoxy) is 2. The number of carbonyl (C=O) groups excluding carboxylic acids is 2. The van der Waals surface area contributed by atoms with E-state index in [4.69, 9.17) is 10.8 Å². The van der Waals surface area contributed by atoms with Crippen molar-refractivity contribution in [1.82, 2.24) is 10.6 Å². The SMILES string of the molecule is [2H]C(Oc1ccc(C(=O)NC(C)(C)C)cc1)/C(=C\F)CNC(=O)OC(C)(C)C. The highest BCUT2D eigenvalue weighted by molar-refractivity contribution is 5.94. The lowest BCUT2D eigenvalue weighted by Gasteiger charge is -2.20. The van der Waals surface area contributed by atoms with E-state index in [9.17, 15) is 14.0 Å². The molecule has 1 rings (SSSR count). The molecule has 1 atom stereocenters. The third-order valence-electron chi connectivity index (χ3n) is 2.93. The molecule has 0 saturated heterocycles. The van der Waals surface area contributed by atoms with Crippen LogP contribution in [0.25, 0.3) is 0 Å². The Bertz CT molecular complexity index is 706. The molecule has 2 N–H and O–H groups in total. The first-order valence-corrected chi connectivity index (χ1v) is 8.58. The Morgan fingerprint density at radius 3 is 2.22 bits per heavy atom. The molecule has 6 nitrogen and oxygen atoms in total. The molecule has 0 saturated carbocycles. The third kappa shape index (κ3) is 9.63. The van der Waals surface area contributed by atoms with Gasteiger partial charge in [-0.2, -0.15) is 0 Å². The quantitative estimate of drug-likeness (QED) is 0.782. The summed E-state index contributed by atoms with van der Waals surface area (Å²) < 4.78 is 31.5. The molecular weight excluding hydrogens is 351 g/mol. The Morgan fingerprint density at radius 2 is 1.74 bits per heavy atom. The van der Waals surface area contributed by atoms with E-state index in [-0.39, 0.29) is 29.9 Å². The van der Waals surface area contributed by atoms with Crippen LogP contribution in [0.2, 0.25) is 0 Å². The van der Waals surface area contributed by atoms with Gasteiger partial charge in [-0.3, -0.25) is 4.79 Å². The second-order valence-electron chi connectivity index (χ2n) is 8.00. The van der Waals surface area contributed by atoms with E-state index >= 15 is 0 Å². The van der Waals surface area contributed by atoms with Gasteiger partial charge in [0.15, 0.2) is 0 Å². The molecule has 1 aromatic rings. The molecule has 0 spiro atoms. The fourth-order valence-electron chi connectivity index (χ4n) is 1.84. The van der Waals surface area contributed by atoms with Crippen molar-refractivity contribution in [2.75, 3.05) is 13.1 Å². The van der Waals surface area contributed by atoms with Gasteiger partial charge in [-0.05, 0) is 65.8 Å². The number of hydrogen-bond acceptors (Lipinski definition) is 4. The minimum absolute atomic E-state index is 0.0830. The summed E-state index contributed by atoms with van der Waals surface area (Å²) in [6, 6.07) is 6.16. The number of rotatable bonds is 6. The number of amides is 2. The van der Waals surface area contributed by atoms with E-state index < -0.39 is 18.3 Å². The van der Waals surface area contributed by atoms with Crippen molar-refractivity contribution in [3.63, 3.8) is 0 Å². The van der Waals surface area contributed by atoms with Gasteiger partial charge in [0.25, 0.3) is 5.91 Å². The van der Waals surface area contributed by atoms with Crippen molar-refractivity contribution < 1.29 is 24.8 Å². The van der Waals surface area contributed by atoms with Gasteiger partial charge < -0.3 is 20.1 Å². The molecule has 7 heteroatoms. The maximum absolute atomic E-state index is 13.1. The highest BCUT2D eigenvalue weighted by atomic mass is 19.1. The molecule has 27 heavy (non-hydrogen) atoms. The molecule has 0 aliphatic heterocycles. The number of carbonyl (C=O) groups is 2. The van der Waals surface area contributed by atoms with Gasteiger partial charge in [0.1, 0.15) is 17.9 Å². The Kier molecular flexibility index (Phi) is 7.21. The molecule has 0 bridgehead atoms. The molecule has 1 unspecified atom stereocenters. The lowest BCUT2D eigenvalue weighted by molar-refractivity contribution is 0.0531. The lowest BCUT2D eigenvalue weighted by atomic mass is 10.1. The van der Waals surface area contributed by atoms with Crippen molar-refractivity contribution in [3.05, 3.63) is 41.7 Å². The van der Waals surface area contributed by atoms with Gasteiger partial charge in [-0.1, -0.05) is 0 Å². The van der Waals surface area contributed by atoms with Crippen LogP contribution in [-0.4, -0.2) is 36.3 Å². The summed E-state index contributed by atoms with van der Waals surface area (Å²) >= 11 is 0. The van der Waals surface area contributed by atoms with Crippen LogP contribution in [0.3, 0.4) is 0 Å². The standard InChI is InChI=1S/C20H29FN2O4/c1-19(2,3)23-17(24)15-7-9-16(10-8-15)26-13-14(11-21)12-22-18(25)27-20(4,5)6/h7-11H,12-13H2,1-6H3,(H,22,25)(H,23,24)/b14-11-/i13D. The normalized spacial score (nSPS) is 14.0. The van der Waals surface area contributed by atoms with E-state index in [2.05, 4.69) is 10.6 Å². The second-order valence-corrected chi connectivity index (χ2v) is 8.00. The van der Waals surface area contributed by atoms with Gasteiger partial charge >= 0.3 is 6.09 Å². The third-order valence-corrected chi connectivity index (χ3v) is 2.93. The van der Waals surface area contributed by atoms with Gasteiger partial charge in [0, 0.05) is 23.2 Å². The minimum Gasteiger partial charge on any atom is -0.489 e. The number of halogens is 1. The minimum atomic E-state index is -1.37. The van der Waals surface area contributed by atoms with Crippen LogP contribution in [0.4, 0.5) is 9.18 Å². The maximum atomic E-state index is 13.1. The summed E-state index contributed by atoms with van der Waals surface area (Å²) in [6.07, 6.45) is -0.492. The summed E-state index contributed by atoms with van der Waals surface area (Å²) in [4.78, 5) is 23.7. The summed E-state index contributed by atoms with van der Waals surface area (Å²) in [5.41, 5.74) is -0.681. The molecule has 1 aromatic carbocycles. The average molecular weight is 381 g/mol. The Balaban J connectivity index is 2.64. The topological polar surface area (TPSA) is 76.7 Å². The maximum Gasteiger partial charge on any atom is 0.407 e. The summed E-state index contributed by atoms with van der Waals surface area (Å²) in [5, 5.41) is 5.22. The number of benzene rings is 1. The largest absolute Gasteiger partial charge is 0.489 e. The highest BCUT2D eigenvalue weighted by Gasteiger charge is 2.17.